The Labute approximate surface area is 202 Å². The number of hydrogen-bond acceptors (Lipinski definition) is 4. The van der Waals surface area contributed by atoms with Crippen LogP contribution >= 0.6 is 11.6 Å². The van der Waals surface area contributed by atoms with Gasteiger partial charge in [-0.05, 0) is 47.4 Å². The molecule has 1 aromatic rings. The zero-order chi connectivity index (χ0) is 22.8. The Bertz CT molecular complexity index is 880. The van der Waals surface area contributed by atoms with Gasteiger partial charge >= 0.3 is 0 Å². The summed E-state index contributed by atoms with van der Waals surface area (Å²) in [4.78, 5) is 32.2. The first kappa shape index (κ1) is 28.7. The molecule has 2 aliphatic heterocycles. The minimum Gasteiger partial charge on any atom is -0.412 e. The fraction of sp³-hybridized carbons (Fsp3) is 0.560. The number of nitrogens with two attached hydrogens (primary N) is 1. The molecule has 1 unspecified atom stereocenters. The van der Waals surface area contributed by atoms with E-state index in [0.29, 0.717) is 31.4 Å². The molecule has 5 N–H and O–H groups in total. The maximum Gasteiger partial charge on any atom is 0.245 e. The van der Waals surface area contributed by atoms with Crippen LogP contribution in [0.4, 0.5) is 0 Å². The molecule has 0 spiro atoms. The quantitative estimate of drug-likeness (QED) is 0.676. The summed E-state index contributed by atoms with van der Waals surface area (Å²) in [6.07, 6.45) is 4.27. The molecule has 2 aliphatic rings. The van der Waals surface area contributed by atoms with Crippen LogP contribution in [0.25, 0.3) is 0 Å². The Morgan fingerprint density at radius 1 is 1.24 bits per heavy atom. The van der Waals surface area contributed by atoms with E-state index in [0.717, 1.165) is 11.4 Å². The van der Waals surface area contributed by atoms with E-state index in [-0.39, 0.29) is 36.1 Å². The molecule has 7 nitrogen and oxygen atoms in total. The third kappa shape index (κ3) is 6.81. The van der Waals surface area contributed by atoms with Crippen LogP contribution in [0, 0.1) is 17.3 Å². The SMILES string of the molecule is C.CC(C)[C@@H](NC(=O)C1C=CC(N)=NC1)C(=O)N1CC[C@H](c2ccc(Cl)cc2)C(C)(C)C1.O. The number of nitrogens with one attached hydrogen (secondary N) is 1. The molecule has 0 saturated carbocycles. The number of aliphatic imine (C=N–C) groups is 1. The molecule has 2 amide bonds. The monoisotopic (exact) mass is 478 g/mol. The molecule has 3 rings (SSSR count). The number of carbonyl (C=O) groups is 2. The van der Waals surface area contributed by atoms with E-state index in [2.05, 4.69) is 36.3 Å². The van der Waals surface area contributed by atoms with E-state index in [4.69, 9.17) is 17.3 Å². The van der Waals surface area contributed by atoms with Gasteiger partial charge in [0.15, 0.2) is 0 Å². The first-order chi connectivity index (χ1) is 14.6. The number of nitrogens with zero attached hydrogens (tertiary/aromatic N) is 2. The number of carbonyl (C=O) groups excluding carboxylic acids is 2. The molecule has 33 heavy (non-hydrogen) atoms. The van der Waals surface area contributed by atoms with Gasteiger partial charge in [0.25, 0.3) is 0 Å². The zero-order valence-electron chi connectivity index (χ0n) is 19.3. The normalized spacial score (nSPS) is 22.5. The van der Waals surface area contributed by atoms with Crippen LogP contribution < -0.4 is 11.1 Å². The van der Waals surface area contributed by atoms with Gasteiger partial charge < -0.3 is 21.4 Å². The molecule has 2 heterocycles. The number of amides is 2. The van der Waals surface area contributed by atoms with Gasteiger partial charge in [0.05, 0.1) is 12.5 Å². The Kier molecular flexibility index (Phi) is 10.1. The van der Waals surface area contributed by atoms with Crippen molar-refractivity contribution < 1.29 is 15.1 Å². The Morgan fingerprint density at radius 2 is 1.88 bits per heavy atom. The van der Waals surface area contributed by atoms with Crippen molar-refractivity contribution in [1.29, 1.82) is 0 Å². The second-order valence-corrected chi connectivity index (χ2v) is 10.0. The van der Waals surface area contributed by atoms with Crippen molar-refractivity contribution in [3.05, 3.63) is 47.0 Å². The topological polar surface area (TPSA) is 119 Å². The lowest BCUT2D eigenvalue weighted by atomic mass is 9.70. The van der Waals surface area contributed by atoms with E-state index in [1.807, 2.05) is 30.9 Å². The summed E-state index contributed by atoms with van der Waals surface area (Å²) >= 11 is 6.05. The number of benzene rings is 1. The van der Waals surface area contributed by atoms with Crippen molar-refractivity contribution in [2.24, 2.45) is 28.0 Å². The number of piperidine rings is 1. The summed E-state index contributed by atoms with van der Waals surface area (Å²) in [5.74, 6) is 0.148. The smallest absolute Gasteiger partial charge is 0.245 e. The van der Waals surface area contributed by atoms with E-state index >= 15 is 0 Å². The van der Waals surface area contributed by atoms with E-state index in [9.17, 15) is 9.59 Å². The number of halogens is 1. The number of likely N-dealkylation sites (tertiary alicyclic amines) is 1. The highest BCUT2D eigenvalue weighted by molar-refractivity contribution is 6.30. The van der Waals surface area contributed by atoms with Crippen LogP contribution in [-0.2, 0) is 9.59 Å². The third-order valence-electron chi connectivity index (χ3n) is 6.35. The molecule has 0 aromatic heterocycles. The van der Waals surface area contributed by atoms with E-state index in [1.54, 1.807) is 12.2 Å². The minimum absolute atomic E-state index is 0. The third-order valence-corrected chi connectivity index (χ3v) is 6.60. The van der Waals surface area contributed by atoms with Crippen molar-refractivity contribution in [1.82, 2.24) is 10.2 Å². The van der Waals surface area contributed by atoms with Crippen LogP contribution in [0.1, 0.15) is 53.0 Å². The average Bonchev–Trinajstić information content (AvgIpc) is 2.72. The van der Waals surface area contributed by atoms with Gasteiger partial charge in [0.2, 0.25) is 11.8 Å². The highest BCUT2D eigenvalue weighted by atomic mass is 35.5. The highest BCUT2D eigenvalue weighted by Gasteiger charge is 2.40. The summed E-state index contributed by atoms with van der Waals surface area (Å²) in [5, 5.41) is 3.70. The van der Waals surface area contributed by atoms with Crippen molar-refractivity contribution in [2.75, 3.05) is 19.6 Å². The molecule has 8 heteroatoms. The fourth-order valence-corrected chi connectivity index (χ4v) is 4.66. The second-order valence-electron chi connectivity index (χ2n) is 9.60. The molecule has 184 valence electrons. The van der Waals surface area contributed by atoms with E-state index in [1.165, 1.54) is 5.56 Å². The van der Waals surface area contributed by atoms with Crippen molar-refractivity contribution in [3.63, 3.8) is 0 Å². The average molecular weight is 479 g/mol. The summed E-state index contributed by atoms with van der Waals surface area (Å²) < 4.78 is 0. The molecule has 0 aliphatic carbocycles. The predicted octanol–water partition coefficient (Wildman–Crippen LogP) is 3.18. The van der Waals surface area contributed by atoms with Gasteiger partial charge in [-0.2, -0.15) is 0 Å². The number of amidine groups is 1. The van der Waals surface area contributed by atoms with Gasteiger partial charge in [-0.3, -0.25) is 14.6 Å². The van der Waals surface area contributed by atoms with Crippen LogP contribution in [-0.4, -0.2) is 53.7 Å². The van der Waals surface area contributed by atoms with Crippen molar-refractivity contribution >= 4 is 29.3 Å². The first-order valence-electron chi connectivity index (χ1n) is 10.9. The largest absolute Gasteiger partial charge is 0.412 e. The number of hydrogen-bond donors (Lipinski definition) is 2. The van der Waals surface area contributed by atoms with Gasteiger partial charge in [-0.15, -0.1) is 0 Å². The second kappa shape index (κ2) is 11.7. The van der Waals surface area contributed by atoms with Gasteiger partial charge in [-0.25, -0.2) is 0 Å². The molecular weight excluding hydrogens is 440 g/mol. The van der Waals surface area contributed by atoms with Crippen LogP contribution in [0.15, 0.2) is 41.4 Å². The summed E-state index contributed by atoms with van der Waals surface area (Å²) in [6.45, 7) is 9.93. The van der Waals surface area contributed by atoms with Crippen LogP contribution in [0.3, 0.4) is 0 Å². The zero-order valence-corrected chi connectivity index (χ0v) is 20.0. The number of dihydropyridines is 1. The molecule has 1 aromatic carbocycles. The van der Waals surface area contributed by atoms with Gasteiger partial charge in [0.1, 0.15) is 11.9 Å². The Morgan fingerprint density at radius 3 is 2.39 bits per heavy atom. The Balaban J connectivity index is 0.00000272. The van der Waals surface area contributed by atoms with Gasteiger partial charge in [-0.1, -0.05) is 64.9 Å². The molecule has 1 fully saturated rings. The predicted molar refractivity (Wildman–Crippen MR) is 135 cm³/mol. The Hall–Kier alpha value is -2.38. The van der Waals surface area contributed by atoms with Crippen LogP contribution in [0.2, 0.25) is 5.02 Å². The minimum atomic E-state index is -0.563. The lowest BCUT2D eigenvalue weighted by Crippen LogP contribution is -2.56. The van der Waals surface area contributed by atoms with Crippen LogP contribution in [0.5, 0.6) is 0 Å². The summed E-state index contributed by atoms with van der Waals surface area (Å²) in [6, 6.07) is 7.44. The van der Waals surface area contributed by atoms with Crippen molar-refractivity contribution in [3.8, 4) is 0 Å². The molecule has 0 bridgehead atoms. The lowest BCUT2D eigenvalue weighted by Gasteiger charge is -2.46. The number of rotatable bonds is 5. The van der Waals surface area contributed by atoms with Gasteiger partial charge in [0, 0.05) is 18.1 Å². The maximum atomic E-state index is 13.4. The summed E-state index contributed by atoms with van der Waals surface area (Å²) in [7, 11) is 0. The molecule has 1 saturated heterocycles. The summed E-state index contributed by atoms with van der Waals surface area (Å²) in [5.41, 5.74) is 6.80. The lowest BCUT2D eigenvalue weighted by molar-refractivity contribution is -0.141. The standard InChI is InChI=1S/C24H33ClN4O2.CH4.H2O/c1-15(2)21(28-22(30)17-7-10-20(26)27-13-17)23(31)29-12-11-19(24(3,4)14-29)16-5-8-18(25)9-6-16;;/h5-10,15,17,19,21H,11-14H2,1-4H3,(H2,26,27)(H,28,30);1H4;1H2/t17?,19-,21-;;/m1../s1. The molecule has 0 radical (unpaired) electrons. The first-order valence-corrected chi connectivity index (χ1v) is 11.3. The maximum absolute atomic E-state index is 13.4. The van der Waals surface area contributed by atoms with Crippen molar-refractivity contribution in [2.45, 2.75) is 53.5 Å². The molecule has 3 atom stereocenters. The highest BCUT2D eigenvalue weighted by Crippen LogP contribution is 2.42. The molecular formula is C25H39ClN4O3. The van der Waals surface area contributed by atoms with E-state index < -0.39 is 12.0 Å². The fourth-order valence-electron chi connectivity index (χ4n) is 4.53.